The van der Waals surface area contributed by atoms with Gasteiger partial charge in [-0.15, -0.1) is 12.4 Å². The molecule has 0 aromatic heterocycles. The first-order chi connectivity index (χ1) is 9.47. The molecule has 2 aliphatic heterocycles. The summed E-state index contributed by atoms with van der Waals surface area (Å²) in [5.74, 6) is 1.79. The highest BCUT2D eigenvalue weighted by Crippen LogP contribution is 2.34. The van der Waals surface area contributed by atoms with Gasteiger partial charge in [0.05, 0.1) is 0 Å². The van der Waals surface area contributed by atoms with Crippen LogP contribution in [0.5, 0.6) is 0 Å². The predicted molar refractivity (Wildman–Crippen MR) is 90.8 cm³/mol. The molecule has 0 bridgehead atoms. The highest BCUT2D eigenvalue weighted by atomic mass is 35.5. The minimum atomic E-state index is 0. The molecule has 3 nitrogen and oxygen atoms in total. The number of carbonyl (C=O) groups is 1. The Morgan fingerprint density at radius 3 is 2.38 bits per heavy atom. The first-order valence-corrected chi connectivity index (χ1v) is 8.45. The molecule has 1 unspecified atom stereocenters. The lowest BCUT2D eigenvalue weighted by Gasteiger charge is -2.30. The van der Waals surface area contributed by atoms with Crippen LogP contribution in [0.3, 0.4) is 0 Å². The van der Waals surface area contributed by atoms with Gasteiger partial charge in [0.25, 0.3) is 0 Å². The number of rotatable bonds is 2. The third kappa shape index (κ3) is 5.78. The Labute approximate surface area is 136 Å². The number of likely N-dealkylation sites (tertiary alicyclic amines) is 1. The summed E-state index contributed by atoms with van der Waals surface area (Å²) >= 11 is 0. The second-order valence-corrected chi connectivity index (χ2v) is 7.77. The van der Waals surface area contributed by atoms with Gasteiger partial charge in [-0.1, -0.05) is 20.8 Å². The van der Waals surface area contributed by atoms with Crippen molar-refractivity contribution in [1.82, 2.24) is 10.2 Å². The van der Waals surface area contributed by atoms with Gasteiger partial charge >= 0.3 is 0 Å². The number of nitrogens with zero attached hydrogens (tertiary/aromatic N) is 1. The Balaban J connectivity index is 0.00000220. The molecule has 2 rings (SSSR count). The van der Waals surface area contributed by atoms with Crippen LogP contribution in [-0.4, -0.2) is 37.0 Å². The normalized spacial score (nSPS) is 25.1. The van der Waals surface area contributed by atoms with Gasteiger partial charge < -0.3 is 10.2 Å². The van der Waals surface area contributed by atoms with Gasteiger partial charge in [0.1, 0.15) is 0 Å². The Hall–Kier alpha value is -0.280. The minimum absolute atomic E-state index is 0. The molecule has 4 heteroatoms. The number of hydrogen-bond acceptors (Lipinski definition) is 2. The van der Waals surface area contributed by atoms with Crippen LogP contribution in [0, 0.1) is 17.3 Å². The van der Waals surface area contributed by atoms with Gasteiger partial charge in [-0.05, 0) is 62.4 Å². The van der Waals surface area contributed by atoms with E-state index in [2.05, 4.69) is 31.0 Å². The van der Waals surface area contributed by atoms with Gasteiger partial charge in [0.15, 0.2) is 0 Å². The van der Waals surface area contributed by atoms with E-state index in [-0.39, 0.29) is 12.4 Å². The lowest BCUT2D eigenvalue weighted by Crippen LogP contribution is -2.36. The molecule has 2 fully saturated rings. The summed E-state index contributed by atoms with van der Waals surface area (Å²) < 4.78 is 0. The molecule has 0 aliphatic carbocycles. The first-order valence-electron chi connectivity index (χ1n) is 8.45. The van der Waals surface area contributed by atoms with Crippen LogP contribution < -0.4 is 5.32 Å². The highest BCUT2D eigenvalue weighted by molar-refractivity contribution is 5.85. The first kappa shape index (κ1) is 18.8. The molecule has 0 saturated carbocycles. The fourth-order valence-corrected chi connectivity index (χ4v) is 3.67. The maximum absolute atomic E-state index is 12.5. The van der Waals surface area contributed by atoms with E-state index in [9.17, 15) is 4.79 Å². The van der Waals surface area contributed by atoms with Crippen LogP contribution in [0.4, 0.5) is 0 Å². The topological polar surface area (TPSA) is 32.3 Å². The third-order valence-electron chi connectivity index (χ3n) is 5.23. The van der Waals surface area contributed by atoms with Gasteiger partial charge in [-0.25, -0.2) is 0 Å². The van der Waals surface area contributed by atoms with Crippen LogP contribution in [-0.2, 0) is 4.79 Å². The van der Waals surface area contributed by atoms with Crippen molar-refractivity contribution in [2.24, 2.45) is 17.3 Å². The van der Waals surface area contributed by atoms with Crippen molar-refractivity contribution in [3.8, 4) is 0 Å². The Morgan fingerprint density at radius 2 is 1.76 bits per heavy atom. The van der Waals surface area contributed by atoms with Crippen LogP contribution in [0.15, 0.2) is 0 Å². The molecule has 21 heavy (non-hydrogen) atoms. The van der Waals surface area contributed by atoms with Crippen molar-refractivity contribution in [3.63, 3.8) is 0 Å². The number of carbonyl (C=O) groups excluding carboxylic acids is 1. The van der Waals surface area contributed by atoms with E-state index in [0.29, 0.717) is 17.2 Å². The summed E-state index contributed by atoms with van der Waals surface area (Å²) in [6.45, 7) is 11.1. The van der Waals surface area contributed by atoms with E-state index in [1.54, 1.807) is 0 Å². The number of piperidine rings is 1. The molecule has 2 heterocycles. The zero-order chi connectivity index (χ0) is 14.6. The molecule has 0 aromatic carbocycles. The number of amides is 1. The molecular weight excluding hydrogens is 284 g/mol. The SMILES string of the molecule is CC(C)(C)C1CCCN(C(=O)CC2CCNCC2)CC1.Cl. The Kier molecular flexibility index (Phi) is 7.49. The lowest BCUT2D eigenvalue weighted by atomic mass is 9.77. The quantitative estimate of drug-likeness (QED) is 0.846. The molecule has 2 aliphatic rings. The smallest absolute Gasteiger partial charge is 0.222 e. The van der Waals surface area contributed by atoms with Crippen molar-refractivity contribution >= 4 is 18.3 Å². The average Bonchev–Trinajstić information content (AvgIpc) is 2.65. The molecule has 124 valence electrons. The monoisotopic (exact) mass is 316 g/mol. The van der Waals surface area contributed by atoms with E-state index in [1.807, 2.05) is 0 Å². The molecule has 0 radical (unpaired) electrons. The van der Waals surface area contributed by atoms with Crippen molar-refractivity contribution in [2.45, 2.75) is 59.3 Å². The Morgan fingerprint density at radius 1 is 1.10 bits per heavy atom. The van der Waals surface area contributed by atoms with Crippen molar-refractivity contribution < 1.29 is 4.79 Å². The molecule has 0 spiro atoms. The summed E-state index contributed by atoms with van der Waals surface area (Å²) in [7, 11) is 0. The maximum atomic E-state index is 12.5. The summed E-state index contributed by atoms with van der Waals surface area (Å²) in [5.41, 5.74) is 0.383. The van der Waals surface area contributed by atoms with E-state index in [1.165, 1.54) is 32.1 Å². The van der Waals surface area contributed by atoms with E-state index < -0.39 is 0 Å². The molecular formula is C17H33ClN2O. The fourth-order valence-electron chi connectivity index (χ4n) is 3.67. The third-order valence-corrected chi connectivity index (χ3v) is 5.23. The number of halogens is 1. The fraction of sp³-hybridized carbons (Fsp3) is 0.941. The van der Waals surface area contributed by atoms with Crippen molar-refractivity contribution in [2.75, 3.05) is 26.2 Å². The maximum Gasteiger partial charge on any atom is 0.222 e. The van der Waals surface area contributed by atoms with Crippen molar-refractivity contribution in [3.05, 3.63) is 0 Å². The molecule has 1 amide bonds. The van der Waals surface area contributed by atoms with Crippen LogP contribution >= 0.6 is 12.4 Å². The van der Waals surface area contributed by atoms with Crippen molar-refractivity contribution in [1.29, 1.82) is 0 Å². The summed E-state index contributed by atoms with van der Waals surface area (Å²) in [4.78, 5) is 14.6. The largest absolute Gasteiger partial charge is 0.343 e. The average molecular weight is 317 g/mol. The molecule has 1 N–H and O–H groups in total. The van der Waals surface area contributed by atoms with E-state index in [4.69, 9.17) is 0 Å². The second-order valence-electron chi connectivity index (χ2n) is 7.77. The van der Waals surface area contributed by atoms with Gasteiger partial charge in [0, 0.05) is 19.5 Å². The molecule has 0 aromatic rings. The van der Waals surface area contributed by atoms with E-state index >= 15 is 0 Å². The van der Waals surface area contributed by atoms with Gasteiger partial charge in [0.2, 0.25) is 5.91 Å². The summed E-state index contributed by atoms with van der Waals surface area (Å²) in [5, 5.41) is 3.38. The lowest BCUT2D eigenvalue weighted by molar-refractivity contribution is -0.132. The standard InChI is InChI=1S/C17H32N2O.ClH/c1-17(2,3)15-5-4-11-19(12-8-15)16(20)13-14-6-9-18-10-7-14;/h14-15,18H,4-13H2,1-3H3;1H. The summed E-state index contributed by atoms with van der Waals surface area (Å²) in [6.07, 6.45) is 6.76. The minimum Gasteiger partial charge on any atom is -0.343 e. The molecule has 2 saturated heterocycles. The van der Waals surface area contributed by atoms with Gasteiger partial charge in [-0.2, -0.15) is 0 Å². The van der Waals surface area contributed by atoms with Crippen LogP contribution in [0.1, 0.15) is 59.3 Å². The van der Waals surface area contributed by atoms with Crippen LogP contribution in [0.2, 0.25) is 0 Å². The zero-order valence-electron chi connectivity index (χ0n) is 14.0. The number of nitrogens with one attached hydrogen (secondary N) is 1. The number of hydrogen-bond donors (Lipinski definition) is 1. The summed E-state index contributed by atoms with van der Waals surface area (Å²) in [6, 6.07) is 0. The second kappa shape index (κ2) is 8.38. The van der Waals surface area contributed by atoms with E-state index in [0.717, 1.165) is 38.5 Å². The molecule has 1 atom stereocenters. The Bertz CT molecular complexity index is 321. The highest BCUT2D eigenvalue weighted by Gasteiger charge is 2.29. The zero-order valence-corrected chi connectivity index (χ0v) is 14.8. The predicted octanol–water partition coefficient (Wildman–Crippen LogP) is 3.47. The van der Waals surface area contributed by atoms with Crippen LogP contribution in [0.25, 0.3) is 0 Å². The van der Waals surface area contributed by atoms with Gasteiger partial charge in [-0.3, -0.25) is 4.79 Å².